The molecule has 7 nitrogen and oxygen atoms in total. The summed E-state index contributed by atoms with van der Waals surface area (Å²) in [6.07, 6.45) is 1.80. The van der Waals surface area contributed by atoms with Crippen LogP contribution in [0.5, 0.6) is 0 Å². The average molecular weight is 402 g/mol. The van der Waals surface area contributed by atoms with Crippen molar-refractivity contribution in [3.05, 3.63) is 45.8 Å². The maximum absolute atomic E-state index is 12.2. The number of anilines is 1. The summed E-state index contributed by atoms with van der Waals surface area (Å²) < 4.78 is 3.77. The van der Waals surface area contributed by atoms with Gasteiger partial charge in [0.05, 0.1) is 11.4 Å². The molecule has 9 heteroatoms. The van der Waals surface area contributed by atoms with Crippen LogP contribution in [0.15, 0.2) is 29.6 Å². The van der Waals surface area contributed by atoms with Crippen LogP contribution in [0.25, 0.3) is 11.3 Å². The third kappa shape index (κ3) is 5.18. The molecule has 0 aliphatic rings. The van der Waals surface area contributed by atoms with Crippen molar-refractivity contribution >= 4 is 39.8 Å². The minimum atomic E-state index is -0.238. The quantitative estimate of drug-likeness (QED) is 0.592. The average Bonchev–Trinajstić information content (AvgIpc) is 3.28. The van der Waals surface area contributed by atoms with Gasteiger partial charge >= 0.3 is 0 Å². The van der Waals surface area contributed by atoms with Gasteiger partial charge < -0.3 is 5.32 Å². The van der Waals surface area contributed by atoms with Gasteiger partial charge in [-0.15, -0.1) is 16.4 Å². The van der Waals surface area contributed by atoms with Gasteiger partial charge in [-0.2, -0.15) is 0 Å². The number of nitrogens with zero attached hydrogens (tertiary/aromatic N) is 3. The predicted octanol–water partition coefficient (Wildman–Crippen LogP) is 3.29. The molecule has 0 spiro atoms. The van der Waals surface area contributed by atoms with Gasteiger partial charge in [-0.25, -0.2) is 4.98 Å². The van der Waals surface area contributed by atoms with Gasteiger partial charge in [0.15, 0.2) is 5.13 Å². The van der Waals surface area contributed by atoms with Crippen molar-refractivity contribution in [2.75, 3.05) is 11.9 Å². The molecule has 0 unspecified atom stereocenters. The summed E-state index contributed by atoms with van der Waals surface area (Å²) in [7, 11) is 0. The molecule has 2 heterocycles. The lowest BCUT2D eigenvalue weighted by Crippen LogP contribution is -2.21. The zero-order valence-electron chi connectivity index (χ0n) is 15.0. The standard InChI is InChI=1S/C18H19N5O2S2/c1-11-16(27-23-22-11)17(25)21-18-20-15(10-26-18)14-7-5-13(6-8-14)4-3-9-19-12(2)24/h5-8,10H,3-4,9H2,1-2H3,(H,19,24)(H,20,21,25). The Morgan fingerprint density at radius 1 is 1.19 bits per heavy atom. The van der Waals surface area contributed by atoms with E-state index in [4.69, 9.17) is 0 Å². The summed E-state index contributed by atoms with van der Waals surface area (Å²) in [5, 5.41) is 11.9. The maximum Gasteiger partial charge on any atom is 0.271 e. The molecule has 0 radical (unpaired) electrons. The van der Waals surface area contributed by atoms with E-state index in [1.54, 1.807) is 6.92 Å². The lowest BCUT2D eigenvalue weighted by atomic mass is 10.1. The van der Waals surface area contributed by atoms with E-state index in [0.29, 0.717) is 22.2 Å². The number of amides is 2. The van der Waals surface area contributed by atoms with E-state index in [1.165, 1.54) is 23.8 Å². The highest BCUT2D eigenvalue weighted by molar-refractivity contribution is 7.14. The highest BCUT2D eigenvalue weighted by Crippen LogP contribution is 2.26. The lowest BCUT2D eigenvalue weighted by molar-refractivity contribution is -0.118. The molecule has 0 atom stereocenters. The van der Waals surface area contributed by atoms with E-state index in [1.807, 2.05) is 17.5 Å². The first kappa shape index (κ1) is 19.1. The summed E-state index contributed by atoms with van der Waals surface area (Å²) in [6, 6.07) is 8.16. The zero-order chi connectivity index (χ0) is 19.2. The van der Waals surface area contributed by atoms with Crippen LogP contribution >= 0.6 is 22.9 Å². The predicted molar refractivity (Wildman–Crippen MR) is 107 cm³/mol. The molecule has 140 valence electrons. The zero-order valence-corrected chi connectivity index (χ0v) is 16.6. The Labute approximate surface area is 165 Å². The fourth-order valence-electron chi connectivity index (χ4n) is 2.46. The third-order valence-corrected chi connectivity index (χ3v) is 5.43. The van der Waals surface area contributed by atoms with Crippen molar-refractivity contribution in [2.24, 2.45) is 0 Å². The number of aromatic nitrogens is 3. The molecule has 2 N–H and O–H groups in total. The molecule has 0 fully saturated rings. The first-order valence-corrected chi connectivity index (χ1v) is 10.1. The summed E-state index contributed by atoms with van der Waals surface area (Å²) in [6.45, 7) is 3.96. The summed E-state index contributed by atoms with van der Waals surface area (Å²) in [5.41, 5.74) is 3.64. The first-order valence-electron chi connectivity index (χ1n) is 8.42. The van der Waals surface area contributed by atoms with Crippen LogP contribution < -0.4 is 10.6 Å². The van der Waals surface area contributed by atoms with Crippen molar-refractivity contribution in [2.45, 2.75) is 26.7 Å². The number of nitrogens with one attached hydrogen (secondary N) is 2. The number of thiazole rings is 1. The Morgan fingerprint density at radius 2 is 1.96 bits per heavy atom. The maximum atomic E-state index is 12.2. The fraction of sp³-hybridized carbons (Fsp3) is 0.278. The van der Waals surface area contributed by atoms with E-state index < -0.39 is 0 Å². The minimum Gasteiger partial charge on any atom is -0.356 e. The van der Waals surface area contributed by atoms with Crippen LogP contribution in [-0.2, 0) is 11.2 Å². The van der Waals surface area contributed by atoms with Gasteiger partial charge in [-0.1, -0.05) is 28.8 Å². The van der Waals surface area contributed by atoms with E-state index in [9.17, 15) is 9.59 Å². The second kappa shape index (κ2) is 8.83. The number of hydrogen-bond acceptors (Lipinski definition) is 7. The molecule has 0 saturated carbocycles. The Balaban J connectivity index is 1.58. The summed E-state index contributed by atoms with van der Waals surface area (Å²) in [4.78, 5) is 28.1. The highest BCUT2D eigenvalue weighted by atomic mass is 32.1. The SMILES string of the molecule is CC(=O)NCCCc1ccc(-c2csc(NC(=O)c3snnc3C)n2)cc1. The van der Waals surface area contributed by atoms with Gasteiger partial charge in [-0.05, 0) is 36.9 Å². The van der Waals surface area contributed by atoms with Crippen molar-refractivity contribution in [3.8, 4) is 11.3 Å². The topological polar surface area (TPSA) is 96.9 Å². The smallest absolute Gasteiger partial charge is 0.271 e. The molecule has 27 heavy (non-hydrogen) atoms. The normalized spacial score (nSPS) is 10.6. The number of benzene rings is 1. The van der Waals surface area contributed by atoms with Gasteiger partial charge in [0.2, 0.25) is 5.91 Å². The second-order valence-corrected chi connectivity index (χ2v) is 7.58. The highest BCUT2D eigenvalue weighted by Gasteiger charge is 2.15. The van der Waals surface area contributed by atoms with Crippen LogP contribution in [0.4, 0.5) is 5.13 Å². The van der Waals surface area contributed by atoms with Crippen LogP contribution in [-0.4, -0.2) is 32.9 Å². The van der Waals surface area contributed by atoms with Gasteiger partial charge in [0.1, 0.15) is 4.88 Å². The Bertz CT molecular complexity index is 933. The van der Waals surface area contributed by atoms with Gasteiger partial charge in [-0.3, -0.25) is 14.9 Å². The monoisotopic (exact) mass is 401 g/mol. The summed E-state index contributed by atoms with van der Waals surface area (Å²) >= 11 is 2.45. The van der Waals surface area contributed by atoms with E-state index in [0.717, 1.165) is 35.6 Å². The molecule has 0 saturated heterocycles. The molecule has 0 aliphatic carbocycles. The number of hydrogen-bond donors (Lipinski definition) is 2. The second-order valence-electron chi connectivity index (χ2n) is 5.96. The summed E-state index contributed by atoms with van der Waals surface area (Å²) in [5.74, 6) is -0.239. The largest absolute Gasteiger partial charge is 0.356 e. The third-order valence-electron chi connectivity index (χ3n) is 3.85. The minimum absolute atomic E-state index is 0.00135. The number of aryl methyl sites for hydroxylation is 2. The molecule has 3 aromatic rings. The first-order chi connectivity index (χ1) is 13.0. The molecule has 0 aliphatic heterocycles. The Morgan fingerprint density at radius 3 is 2.63 bits per heavy atom. The Kier molecular flexibility index (Phi) is 6.25. The fourth-order valence-corrected chi connectivity index (χ4v) is 3.72. The van der Waals surface area contributed by atoms with Crippen LogP contribution in [0.2, 0.25) is 0 Å². The van der Waals surface area contributed by atoms with Crippen LogP contribution in [0.3, 0.4) is 0 Å². The molecular formula is C18H19N5O2S2. The molecule has 2 aromatic heterocycles. The number of carbonyl (C=O) groups is 2. The number of rotatable bonds is 7. The lowest BCUT2D eigenvalue weighted by Gasteiger charge is -2.04. The number of carbonyl (C=O) groups excluding carboxylic acids is 2. The molecule has 2 amide bonds. The molecule has 0 bridgehead atoms. The molecule has 3 rings (SSSR count). The van der Waals surface area contributed by atoms with Crippen molar-refractivity contribution in [1.82, 2.24) is 19.9 Å². The van der Waals surface area contributed by atoms with Crippen molar-refractivity contribution < 1.29 is 9.59 Å². The molecular weight excluding hydrogens is 382 g/mol. The van der Waals surface area contributed by atoms with Gasteiger partial charge in [0, 0.05) is 24.4 Å². The van der Waals surface area contributed by atoms with Crippen LogP contribution in [0.1, 0.15) is 34.3 Å². The van der Waals surface area contributed by atoms with E-state index in [-0.39, 0.29) is 11.8 Å². The van der Waals surface area contributed by atoms with Crippen molar-refractivity contribution in [1.29, 1.82) is 0 Å². The molecule has 1 aromatic carbocycles. The van der Waals surface area contributed by atoms with Gasteiger partial charge in [0.25, 0.3) is 5.91 Å². The van der Waals surface area contributed by atoms with Crippen molar-refractivity contribution in [3.63, 3.8) is 0 Å². The van der Waals surface area contributed by atoms with Crippen LogP contribution in [0, 0.1) is 6.92 Å². The Hall–Kier alpha value is -2.65. The van der Waals surface area contributed by atoms with E-state index in [2.05, 4.69) is 37.3 Å². The van der Waals surface area contributed by atoms with E-state index >= 15 is 0 Å².